The zero-order valence-corrected chi connectivity index (χ0v) is 15.1. The molecule has 144 valence electrons. The van der Waals surface area contributed by atoms with E-state index in [2.05, 4.69) is 15.0 Å². The highest BCUT2D eigenvalue weighted by Gasteiger charge is 2.28. The van der Waals surface area contributed by atoms with Gasteiger partial charge in [0, 0.05) is 13.1 Å². The Balaban J connectivity index is 1.87. The number of sulfonamides is 1. The number of nitrogens with two attached hydrogens (primary N) is 3. The molecule has 1 aromatic heterocycles. The second-order valence-electron chi connectivity index (χ2n) is 5.89. The highest BCUT2D eigenvalue weighted by Crippen LogP contribution is 2.27. The van der Waals surface area contributed by atoms with E-state index in [-0.39, 0.29) is 40.5 Å². The molecule has 6 N–H and O–H groups in total. The molecule has 2 heterocycles. The number of carbonyl (C=O) groups excluding carboxylic acids is 1. The van der Waals surface area contributed by atoms with Crippen molar-refractivity contribution in [2.24, 2.45) is 5.73 Å². The van der Waals surface area contributed by atoms with Crippen LogP contribution in [0.2, 0.25) is 0 Å². The van der Waals surface area contributed by atoms with Crippen LogP contribution in [0.15, 0.2) is 23.1 Å². The summed E-state index contributed by atoms with van der Waals surface area (Å²) in [6.07, 6.45) is 1.61. The zero-order valence-electron chi connectivity index (χ0n) is 14.3. The third kappa shape index (κ3) is 4.06. The Morgan fingerprint density at radius 1 is 1.11 bits per heavy atom. The van der Waals surface area contributed by atoms with Gasteiger partial charge in [-0.3, -0.25) is 4.79 Å². The number of hydrogen-bond acceptors (Lipinski definition) is 9. The Morgan fingerprint density at radius 3 is 2.33 bits per heavy atom. The second-order valence-corrected chi connectivity index (χ2v) is 7.83. The molecule has 11 nitrogen and oxygen atoms in total. The molecule has 1 amide bonds. The predicted octanol–water partition coefficient (Wildman–Crippen LogP) is -0.502. The van der Waals surface area contributed by atoms with Gasteiger partial charge in [0.15, 0.2) is 5.82 Å². The van der Waals surface area contributed by atoms with Crippen molar-refractivity contribution in [3.05, 3.63) is 29.6 Å². The van der Waals surface area contributed by atoms with Crippen LogP contribution in [-0.2, 0) is 16.6 Å². The van der Waals surface area contributed by atoms with Crippen LogP contribution in [0.4, 0.5) is 11.9 Å². The summed E-state index contributed by atoms with van der Waals surface area (Å²) in [6.45, 7) is 0.749. The fourth-order valence-corrected chi connectivity index (χ4v) is 4.27. The monoisotopic (exact) mass is 393 g/mol. The summed E-state index contributed by atoms with van der Waals surface area (Å²) >= 11 is 0. The number of nitrogen functional groups attached to an aromatic ring is 2. The fraction of sp³-hybridized carbons (Fsp3) is 0.333. The Kier molecular flexibility index (Phi) is 5.10. The molecule has 0 saturated carbocycles. The molecule has 1 saturated heterocycles. The van der Waals surface area contributed by atoms with Gasteiger partial charge in [-0.25, -0.2) is 8.42 Å². The fourth-order valence-electron chi connectivity index (χ4n) is 2.73. The summed E-state index contributed by atoms with van der Waals surface area (Å²) in [4.78, 5) is 23.2. The van der Waals surface area contributed by atoms with Gasteiger partial charge in [-0.1, -0.05) is 0 Å². The molecule has 0 atom stereocenters. The molecule has 12 heteroatoms. The van der Waals surface area contributed by atoms with Gasteiger partial charge in [0.2, 0.25) is 21.9 Å². The number of anilines is 2. The largest absolute Gasteiger partial charge is 0.485 e. The molecule has 0 bridgehead atoms. The highest BCUT2D eigenvalue weighted by molar-refractivity contribution is 7.89. The average molecular weight is 393 g/mol. The standard InChI is InChI=1S/C15H19N7O4S/c16-13(23)10-7-9(27(24,25)22-5-1-2-6-22)3-4-11(10)26-8-12-19-14(17)21-15(18)20-12/h3-4,7H,1-2,5-6,8H2,(H2,16,23)(H4,17,18,19,20,21). The lowest BCUT2D eigenvalue weighted by Gasteiger charge is -2.17. The Bertz CT molecular complexity index is 954. The van der Waals surface area contributed by atoms with Gasteiger partial charge in [0.1, 0.15) is 12.4 Å². The minimum Gasteiger partial charge on any atom is -0.485 e. The van der Waals surface area contributed by atoms with Crippen LogP contribution in [0.25, 0.3) is 0 Å². The summed E-state index contributed by atoms with van der Waals surface area (Å²) in [5, 5.41) is 0. The molecule has 0 aliphatic carbocycles. The molecule has 27 heavy (non-hydrogen) atoms. The van der Waals surface area contributed by atoms with Crippen molar-refractivity contribution in [2.75, 3.05) is 24.6 Å². The van der Waals surface area contributed by atoms with Gasteiger partial charge < -0.3 is 21.9 Å². The van der Waals surface area contributed by atoms with Gasteiger partial charge in [-0.15, -0.1) is 0 Å². The molecule has 0 spiro atoms. The van der Waals surface area contributed by atoms with Crippen LogP contribution in [0.3, 0.4) is 0 Å². The molecule has 1 aromatic carbocycles. The maximum Gasteiger partial charge on any atom is 0.252 e. The minimum absolute atomic E-state index is 0.0146. The number of aromatic nitrogens is 3. The zero-order chi connectivity index (χ0) is 19.6. The first-order valence-corrected chi connectivity index (χ1v) is 9.54. The maximum atomic E-state index is 12.7. The molecule has 0 unspecified atom stereocenters. The molecular weight excluding hydrogens is 374 g/mol. The molecule has 0 radical (unpaired) electrons. The third-order valence-corrected chi connectivity index (χ3v) is 5.89. The smallest absolute Gasteiger partial charge is 0.252 e. The van der Waals surface area contributed by atoms with E-state index < -0.39 is 15.9 Å². The number of benzene rings is 1. The van der Waals surface area contributed by atoms with E-state index in [0.717, 1.165) is 12.8 Å². The van der Waals surface area contributed by atoms with E-state index >= 15 is 0 Å². The number of hydrogen-bond donors (Lipinski definition) is 3. The highest BCUT2D eigenvalue weighted by atomic mass is 32.2. The molecule has 1 aliphatic heterocycles. The topological polar surface area (TPSA) is 180 Å². The van der Waals surface area contributed by atoms with E-state index in [1.54, 1.807) is 0 Å². The lowest BCUT2D eigenvalue weighted by molar-refractivity contribution is 0.0995. The van der Waals surface area contributed by atoms with Crippen LogP contribution in [-0.4, -0.2) is 46.7 Å². The lowest BCUT2D eigenvalue weighted by Crippen LogP contribution is -2.28. The van der Waals surface area contributed by atoms with Crippen LogP contribution in [0, 0.1) is 0 Å². The van der Waals surface area contributed by atoms with Crippen molar-refractivity contribution in [1.82, 2.24) is 19.3 Å². The van der Waals surface area contributed by atoms with Crippen LogP contribution in [0.1, 0.15) is 29.0 Å². The first-order chi connectivity index (χ1) is 12.8. The number of ether oxygens (including phenoxy) is 1. The van der Waals surface area contributed by atoms with Crippen molar-refractivity contribution in [3.63, 3.8) is 0 Å². The van der Waals surface area contributed by atoms with Crippen molar-refractivity contribution >= 4 is 27.8 Å². The van der Waals surface area contributed by atoms with E-state index in [0.29, 0.717) is 13.1 Å². The summed E-state index contributed by atoms with van der Waals surface area (Å²) in [7, 11) is -3.69. The van der Waals surface area contributed by atoms with Crippen molar-refractivity contribution in [1.29, 1.82) is 0 Å². The number of primary amides is 1. The minimum atomic E-state index is -3.69. The van der Waals surface area contributed by atoms with Gasteiger partial charge in [0.25, 0.3) is 5.91 Å². The van der Waals surface area contributed by atoms with Crippen molar-refractivity contribution in [2.45, 2.75) is 24.3 Å². The van der Waals surface area contributed by atoms with Gasteiger partial charge in [-0.2, -0.15) is 19.3 Å². The number of nitrogens with zero attached hydrogens (tertiary/aromatic N) is 4. The molecule has 3 rings (SSSR count). The summed E-state index contributed by atoms with van der Waals surface area (Å²) in [6, 6.07) is 3.95. The molecule has 1 aliphatic rings. The number of amides is 1. The third-order valence-electron chi connectivity index (χ3n) is 3.99. The lowest BCUT2D eigenvalue weighted by atomic mass is 10.2. The van der Waals surface area contributed by atoms with Crippen LogP contribution in [0.5, 0.6) is 5.75 Å². The van der Waals surface area contributed by atoms with E-state index in [1.807, 2.05) is 0 Å². The predicted molar refractivity (Wildman–Crippen MR) is 95.9 cm³/mol. The normalized spacial score (nSPS) is 15.0. The molecular formula is C15H19N7O4S. The SMILES string of the molecule is NC(=O)c1cc(S(=O)(=O)N2CCCC2)ccc1OCc1nc(N)nc(N)n1. The van der Waals surface area contributed by atoms with E-state index in [1.165, 1.54) is 22.5 Å². The first kappa shape index (κ1) is 18.8. The average Bonchev–Trinajstić information content (AvgIpc) is 3.14. The Labute approximate surface area is 155 Å². The summed E-state index contributed by atoms with van der Waals surface area (Å²) < 4.78 is 32.2. The van der Waals surface area contributed by atoms with Crippen molar-refractivity contribution < 1.29 is 17.9 Å². The quantitative estimate of drug-likeness (QED) is 0.582. The molecule has 2 aromatic rings. The van der Waals surface area contributed by atoms with E-state index in [4.69, 9.17) is 21.9 Å². The summed E-state index contributed by atoms with van der Waals surface area (Å²) in [5.41, 5.74) is 16.3. The molecule has 1 fully saturated rings. The summed E-state index contributed by atoms with van der Waals surface area (Å²) in [5.74, 6) is -0.700. The Morgan fingerprint density at radius 2 is 1.74 bits per heavy atom. The Hall–Kier alpha value is -2.99. The van der Waals surface area contributed by atoms with Gasteiger partial charge in [-0.05, 0) is 31.0 Å². The second kappa shape index (κ2) is 7.32. The van der Waals surface area contributed by atoms with E-state index in [9.17, 15) is 13.2 Å². The first-order valence-electron chi connectivity index (χ1n) is 8.10. The van der Waals surface area contributed by atoms with Crippen molar-refractivity contribution in [3.8, 4) is 5.75 Å². The maximum absolute atomic E-state index is 12.7. The van der Waals surface area contributed by atoms with Crippen LogP contribution >= 0.6 is 0 Å². The van der Waals surface area contributed by atoms with Gasteiger partial charge >= 0.3 is 0 Å². The van der Waals surface area contributed by atoms with Crippen LogP contribution < -0.4 is 21.9 Å². The number of carbonyl (C=O) groups is 1. The number of rotatable bonds is 6. The van der Waals surface area contributed by atoms with Gasteiger partial charge in [0.05, 0.1) is 10.5 Å².